The average molecular weight is 393 g/mol. The molecule has 0 saturated carbocycles. The second-order valence-electron chi connectivity index (χ2n) is 7.36. The first-order valence-electron chi connectivity index (χ1n) is 9.61. The van der Waals surface area contributed by atoms with Crippen molar-refractivity contribution in [1.82, 2.24) is 9.36 Å². The van der Waals surface area contributed by atoms with Crippen molar-refractivity contribution in [3.8, 4) is 0 Å². The summed E-state index contributed by atoms with van der Waals surface area (Å²) < 4.78 is 4.52. The van der Waals surface area contributed by atoms with Crippen LogP contribution in [-0.2, 0) is 11.2 Å². The summed E-state index contributed by atoms with van der Waals surface area (Å²) in [4.78, 5) is 19.6. The third-order valence-electron chi connectivity index (χ3n) is 5.06. The molecule has 2 aromatic carbocycles. The van der Waals surface area contributed by atoms with E-state index in [1.54, 1.807) is 0 Å². The zero-order valence-corrected chi connectivity index (χ0v) is 17.0. The Morgan fingerprint density at radius 1 is 1.11 bits per heavy atom. The molecule has 0 aliphatic carbocycles. The summed E-state index contributed by atoms with van der Waals surface area (Å²) in [6.45, 7) is 4.96. The lowest BCUT2D eigenvalue weighted by atomic mass is 10.1. The van der Waals surface area contributed by atoms with Crippen LogP contribution >= 0.6 is 11.5 Å². The summed E-state index contributed by atoms with van der Waals surface area (Å²) >= 11 is 1.38. The molecule has 0 spiro atoms. The van der Waals surface area contributed by atoms with Gasteiger partial charge in [0.1, 0.15) is 11.9 Å². The van der Waals surface area contributed by atoms with E-state index in [-0.39, 0.29) is 11.9 Å². The normalized spacial score (nSPS) is 16.4. The Morgan fingerprint density at radius 2 is 1.79 bits per heavy atom. The minimum atomic E-state index is -0.193. The zero-order valence-electron chi connectivity index (χ0n) is 16.2. The molecule has 5 nitrogen and oxygen atoms in total. The summed E-state index contributed by atoms with van der Waals surface area (Å²) in [6, 6.07) is 16.1. The predicted molar refractivity (Wildman–Crippen MR) is 114 cm³/mol. The Morgan fingerprint density at radius 3 is 2.50 bits per heavy atom. The molecule has 0 radical (unpaired) electrons. The van der Waals surface area contributed by atoms with E-state index in [1.807, 2.05) is 31.2 Å². The average Bonchev–Trinajstić information content (AvgIpc) is 3.34. The number of rotatable bonds is 5. The van der Waals surface area contributed by atoms with Crippen molar-refractivity contribution in [2.45, 2.75) is 39.2 Å². The van der Waals surface area contributed by atoms with Crippen molar-refractivity contribution >= 4 is 28.3 Å². The monoisotopic (exact) mass is 392 g/mol. The fourth-order valence-electron chi connectivity index (χ4n) is 3.45. The van der Waals surface area contributed by atoms with Gasteiger partial charge in [-0.25, -0.2) is 4.98 Å². The number of aryl methyl sites for hydroxylation is 2. The number of carbonyl (C=O) groups is 1. The Balaban J connectivity index is 1.44. The molecule has 28 heavy (non-hydrogen) atoms. The van der Waals surface area contributed by atoms with Gasteiger partial charge in [-0.05, 0) is 44.4 Å². The summed E-state index contributed by atoms with van der Waals surface area (Å²) in [7, 11) is 0. The van der Waals surface area contributed by atoms with Gasteiger partial charge in [0, 0.05) is 30.2 Å². The summed E-state index contributed by atoms with van der Waals surface area (Å²) in [5.74, 6) is 0.838. The maximum absolute atomic E-state index is 12.8. The van der Waals surface area contributed by atoms with E-state index >= 15 is 0 Å². The maximum Gasteiger partial charge on any atom is 0.247 e. The number of hydrogen-bond acceptors (Lipinski definition) is 5. The van der Waals surface area contributed by atoms with Crippen molar-refractivity contribution in [2.24, 2.45) is 0 Å². The van der Waals surface area contributed by atoms with Crippen LogP contribution in [0.4, 0.5) is 10.8 Å². The maximum atomic E-state index is 12.8. The first-order valence-corrected chi connectivity index (χ1v) is 10.4. The number of nitrogens with zero attached hydrogens (tertiary/aromatic N) is 3. The van der Waals surface area contributed by atoms with Crippen LogP contribution in [0.5, 0.6) is 0 Å². The first-order chi connectivity index (χ1) is 13.6. The molecule has 3 aromatic rings. The van der Waals surface area contributed by atoms with Crippen LogP contribution in [0.2, 0.25) is 0 Å². The predicted octanol–water partition coefficient (Wildman–Crippen LogP) is 4.35. The second-order valence-corrected chi connectivity index (χ2v) is 8.09. The largest absolute Gasteiger partial charge is 0.335 e. The quantitative estimate of drug-likeness (QED) is 0.701. The van der Waals surface area contributed by atoms with Crippen LogP contribution in [0.25, 0.3) is 0 Å². The molecular weight excluding hydrogens is 368 g/mol. The molecule has 1 saturated heterocycles. The molecule has 6 heteroatoms. The lowest BCUT2D eigenvalue weighted by Crippen LogP contribution is -2.39. The molecular formula is C22H24N4OS. The van der Waals surface area contributed by atoms with E-state index in [2.05, 4.69) is 45.8 Å². The number of hydrogen-bond donors (Lipinski definition) is 1. The highest BCUT2D eigenvalue weighted by molar-refractivity contribution is 7.09. The number of aromatic nitrogens is 2. The van der Waals surface area contributed by atoms with Gasteiger partial charge in [0.2, 0.25) is 11.0 Å². The van der Waals surface area contributed by atoms with Crippen molar-refractivity contribution in [3.63, 3.8) is 0 Å². The Hall–Kier alpha value is -2.73. The molecule has 2 heterocycles. The van der Waals surface area contributed by atoms with Gasteiger partial charge in [-0.15, -0.1) is 0 Å². The van der Waals surface area contributed by atoms with Crippen LogP contribution in [0.3, 0.4) is 0 Å². The van der Waals surface area contributed by atoms with Gasteiger partial charge in [-0.3, -0.25) is 4.79 Å². The molecule has 1 amide bonds. The third kappa shape index (κ3) is 4.22. The van der Waals surface area contributed by atoms with E-state index in [1.165, 1.54) is 28.2 Å². The van der Waals surface area contributed by atoms with Crippen LogP contribution in [-0.4, -0.2) is 27.9 Å². The van der Waals surface area contributed by atoms with E-state index < -0.39 is 0 Å². The molecule has 1 atom stereocenters. The Labute approximate surface area is 169 Å². The van der Waals surface area contributed by atoms with Crippen molar-refractivity contribution in [1.29, 1.82) is 0 Å². The minimum absolute atomic E-state index is 0.0247. The van der Waals surface area contributed by atoms with E-state index in [4.69, 9.17) is 4.98 Å². The molecule has 1 aromatic heterocycles. The van der Waals surface area contributed by atoms with Gasteiger partial charge >= 0.3 is 0 Å². The van der Waals surface area contributed by atoms with Crippen molar-refractivity contribution < 1.29 is 4.79 Å². The number of carbonyl (C=O) groups excluding carboxylic acids is 1. The topological polar surface area (TPSA) is 58.1 Å². The van der Waals surface area contributed by atoms with E-state index in [9.17, 15) is 4.79 Å². The van der Waals surface area contributed by atoms with Gasteiger partial charge in [0.05, 0.1) is 0 Å². The highest BCUT2D eigenvalue weighted by atomic mass is 32.1. The number of amides is 1. The van der Waals surface area contributed by atoms with Crippen LogP contribution in [0, 0.1) is 13.8 Å². The third-order valence-corrected chi connectivity index (χ3v) is 5.85. The molecule has 1 N–H and O–H groups in total. The highest BCUT2D eigenvalue weighted by Gasteiger charge is 2.33. The second kappa shape index (κ2) is 8.10. The van der Waals surface area contributed by atoms with Crippen molar-refractivity contribution in [2.75, 3.05) is 16.8 Å². The van der Waals surface area contributed by atoms with Gasteiger partial charge < -0.3 is 10.2 Å². The standard InChI is InChI=1S/C22H24N4OS/c1-15-5-9-17(10-6-15)14-20-24-22(28-25-20)26-13-3-4-19(26)21(27)23-18-11-7-16(2)8-12-18/h5-12,19H,3-4,13-14H2,1-2H3,(H,23,27). The molecule has 4 rings (SSSR count). The number of benzene rings is 2. The molecule has 1 fully saturated rings. The molecule has 1 aliphatic rings. The van der Waals surface area contributed by atoms with Crippen LogP contribution < -0.4 is 10.2 Å². The van der Waals surface area contributed by atoms with Crippen LogP contribution in [0.15, 0.2) is 48.5 Å². The van der Waals surface area contributed by atoms with E-state index in [0.717, 1.165) is 36.0 Å². The number of nitrogens with one attached hydrogen (secondary N) is 1. The molecule has 144 valence electrons. The van der Waals surface area contributed by atoms with Gasteiger partial charge in [0.25, 0.3) is 0 Å². The van der Waals surface area contributed by atoms with Gasteiger partial charge in [0.15, 0.2) is 0 Å². The fraction of sp³-hybridized carbons (Fsp3) is 0.318. The minimum Gasteiger partial charge on any atom is -0.335 e. The molecule has 1 aliphatic heterocycles. The number of anilines is 2. The van der Waals surface area contributed by atoms with Gasteiger partial charge in [-0.2, -0.15) is 4.37 Å². The first kappa shape index (κ1) is 18.6. The molecule has 0 bridgehead atoms. The van der Waals surface area contributed by atoms with E-state index in [0.29, 0.717) is 6.42 Å². The SMILES string of the molecule is Cc1ccc(Cc2nsc(N3CCCC3C(=O)Nc3ccc(C)cc3)n2)cc1. The highest BCUT2D eigenvalue weighted by Crippen LogP contribution is 2.28. The van der Waals surface area contributed by atoms with Crippen molar-refractivity contribution in [3.05, 3.63) is 71.0 Å². The smallest absolute Gasteiger partial charge is 0.247 e. The lowest BCUT2D eigenvalue weighted by Gasteiger charge is -2.22. The van der Waals surface area contributed by atoms with Crippen LogP contribution in [0.1, 0.15) is 35.4 Å². The summed E-state index contributed by atoms with van der Waals surface area (Å²) in [5, 5.41) is 3.88. The molecule has 1 unspecified atom stereocenters. The van der Waals surface area contributed by atoms with Gasteiger partial charge in [-0.1, -0.05) is 47.5 Å². The summed E-state index contributed by atoms with van der Waals surface area (Å²) in [5.41, 5.74) is 4.45. The Kier molecular flexibility index (Phi) is 5.39. The fourth-order valence-corrected chi connectivity index (χ4v) is 4.21. The zero-order chi connectivity index (χ0) is 19.5. The lowest BCUT2D eigenvalue weighted by molar-refractivity contribution is -0.117. The Bertz CT molecular complexity index is 949. The summed E-state index contributed by atoms with van der Waals surface area (Å²) in [6.07, 6.45) is 2.54.